The van der Waals surface area contributed by atoms with Crippen molar-refractivity contribution < 1.29 is 0 Å². The summed E-state index contributed by atoms with van der Waals surface area (Å²) in [5.74, 6) is 1.80. The van der Waals surface area contributed by atoms with Crippen LogP contribution in [0.1, 0.15) is 32.9 Å². The van der Waals surface area contributed by atoms with E-state index in [1.54, 1.807) is 0 Å². The number of pyridine rings is 1. The molecule has 1 atom stereocenters. The van der Waals surface area contributed by atoms with Crippen molar-refractivity contribution in [3.05, 3.63) is 23.9 Å². The van der Waals surface area contributed by atoms with E-state index < -0.39 is 0 Å². The van der Waals surface area contributed by atoms with Gasteiger partial charge in [-0.05, 0) is 32.4 Å². The number of rotatable bonds is 6. The van der Waals surface area contributed by atoms with E-state index in [1.807, 2.05) is 37.2 Å². The standard InChI is InChI=1S/C15H27N5/c1-6-12(3)18-15(16-7-2)17-11-13-9-8-10-14(19-13)20(4)5/h8-10,12H,6-7,11H2,1-5H3,(H2,16,17,18). The molecule has 1 aromatic rings. The Morgan fingerprint density at radius 2 is 2.10 bits per heavy atom. The first kappa shape index (κ1) is 16.3. The number of aromatic nitrogens is 1. The van der Waals surface area contributed by atoms with Crippen LogP contribution in [0.5, 0.6) is 0 Å². The molecule has 1 aromatic heterocycles. The molecule has 0 aliphatic carbocycles. The van der Waals surface area contributed by atoms with Gasteiger partial charge in [0.15, 0.2) is 5.96 Å². The Morgan fingerprint density at radius 3 is 2.70 bits per heavy atom. The fourth-order valence-electron chi connectivity index (χ4n) is 1.62. The third kappa shape index (κ3) is 5.47. The van der Waals surface area contributed by atoms with Gasteiger partial charge in [-0.2, -0.15) is 0 Å². The minimum Gasteiger partial charge on any atom is -0.363 e. The molecular weight excluding hydrogens is 250 g/mol. The molecule has 0 fully saturated rings. The molecule has 0 aromatic carbocycles. The van der Waals surface area contributed by atoms with Crippen molar-refractivity contribution in [2.45, 2.75) is 39.8 Å². The van der Waals surface area contributed by atoms with E-state index in [0.717, 1.165) is 30.4 Å². The van der Waals surface area contributed by atoms with Crippen LogP contribution in [0.25, 0.3) is 0 Å². The summed E-state index contributed by atoms with van der Waals surface area (Å²) >= 11 is 0. The van der Waals surface area contributed by atoms with Crippen LogP contribution in [0.2, 0.25) is 0 Å². The predicted molar refractivity (Wildman–Crippen MR) is 86.3 cm³/mol. The molecule has 0 aliphatic rings. The smallest absolute Gasteiger partial charge is 0.191 e. The maximum Gasteiger partial charge on any atom is 0.191 e. The molecular formula is C15H27N5. The van der Waals surface area contributed by atoms with Gasteiger partial charge in [0.1, 0.15) is 5.82 Å². The zero-order valence-corrected chi connectivity index (χ0v) is 13.3. The molecule has 5 heteroatoms. The summed E-state index contributed by atoms with van der Waals surface area (Å²) in [6, 6.07) is 6.43. The van der Waals surface area contributed by atoms with Gasteiger partial charge in [-0.1, -0.05) is 13.0 Å². The highest BCUT2D eigenvalue weighted by Crippen LogP contribution is 2.08. The minimum atomic E-state index is 0.411. The van der Waals surface area contributed by atoms with Crippen molar-refractivity contribution in [1.82, 2.24) is 15.6 Å². The van der Waals surface area contributed by atoms with Crippen LogP contribution in [0.3, 0.4) is 0 Å². The van der Waals surface area contributed by atoms with Gasteiger partial charge in [-0.25, -0.2) is 9.98 Å². The lowest BCUT2D eigenvalue weighted by molar-refractivity contribution is 0.624. The average molecular weight is 277 g/mol. The number of nitrogens with one attached hydrogen (secondary N) is 2. The first-order valence-electron chi connectivity index (χ1n) is 7.24. The third-order valence-corrected chi connectivity index (χ3v) is 2.99. The molecule has 1 unspecified atom stereocenters. The average Bonchev–Trinajstić information content (AvgIpc) is 2.45. The van der Waals surface area contributed by atoms with E-state index >= 15 is 0 Å². The van der Waals surface area contributed by atoms with Gasteiger partial charge in [-0.3, -0.25) is 0 Å². The molecule has 1 heterocycles. The maximum atomic E-state index is 4.59. The lowest BCUT2D eigenvalue weighted by Crippen LogP contribution is -2.41. The highest BCUT2D eigenvalue weighted by atomic mass is 15.2. The predicted octanol–water partition coefficient (Wildman–Crippen LogP) is 2.00. The Bertz CT molecular complexity index is 428. The fourth-order valence-corrected chi connectivity index (χ4v) is 1.62. The molecule has 0 aliphatic heterocycles. The summed E-state index contributed by atoms with van der Waals surface area (Å²) in [4.78, 5) is 11.1. The first-order chi connectivity index (χ1) is 9.56. The number of anilines is 1. The van der Waals surface area contributed by atoms with Crippen molar-refractivity contribution in [1.29, 1.82) is 0 Å². The van der Waals surface area contributed by atoms with Crippen LogP contribution in [0.15, 0.2) is 23.2 Å². The second-order valence-corrected chi connectivity index (χ2v) is 5.03. The normalized spacial score (nSPS) is 12.9. The van der Waals surface area contributed by atoms with Gasteiger partial charge in [0.2, 0.25) is 0 Å². The van der Waals surface area contributed by atoms with Gasteiger partial charge >= 0.3 is 0 Å². The number of guanidine groups is 1. The quantitative estimate of drug-likeness (QED) is 0.617. The third-order valence-electron chi connectivity index (χ3n) is 2.99. The van der Waals surface area contributed by atoms with Crippen LogP contribution in [0.4, 0.5) is 5.82 Å². The number of hydrogen-bond donors (Lipinski definition) is 2. The van der Waals surface area contributed by atoms with E-state index in [-0.39, 0.29) is 0 Å². The highest BCUT2D eigenvalue weighted by molar-refractivity contribution is 5.80. The second kappa shape index (κ2) is 8.40. The van der Waals surface area contributed by atoms with Crippen molar-refractivity contribution in [3.63, 3.8) is 0 Å². The summed E-state index contributed by atoms with van der Waals surface area (Å²) in [7, 11) is 3.98. The minimum absolute atomic E-state index is 0.411. The van der Waals surface area contributed by atoms with E-state index in [0.29, 0.717) is 12.6 Å². The Kier molecular flexibility index (Phi) is 6.84. The topological polar surface area (TPSA) is 52.6 Å². The maximum absolute atomic E-state index is 4.59. The molecule has 112 valence electrons. The van der Waals surface area contributed by atoms with E-state index in [2.05, 4.69) is 41.4 Å². The van der Waals surface area contributed by atoms with Crippen molar-refractivity contribution >= 4 is 11.8 Å². The first-order valence-corrected chi connectivity index (χ1v) is 7.24. The van der Waals surface area contributed by atoms with Gasteiger partial charge in [0.25, 0.3) is 0 Å². The Hall–Kier alpha value is -1.78. The summed E-state index contributed by atoms with van der Waals surface area (Å²) in [5.41, 5.74) is 0.970. The zero-order chi connectivity index (χ0) is 15.0. The summed E-state index contributed by atoms with van der Waals surface area (Å²) in [5, 5.41) is 6.63. The van der Waals surface area contributed by atoms with Gasteiger partial charge < -0.3 is 15.5 Å². The number of nitrogens with zero attached hydrogens (tertiary/aromatic N) is 3. The van der Waals surface area contributed by atoms with Crippen LogP contribution in [-0.2, 0) is 6.54 Å². The molecule has 2 N–H and O–H groups in total. The molecule has 0 saturated carbocycles. The summed E-state index contributed by atoms with van der Waals surface area (Å²) < 4.78 is 0. The Labute approximate surface area is 122 Å². The van der Waals surface area contributed by atoms with E-state index in [4.69, 9.17) is 0 Å². The lowest BCUT2D eigenvalue weighted by atomic mass is 10.3. The lowest BCUT2D eigenvalue weighted by Gasteiger charge is -2.16. The van der Waals surface area contributed by atoms with Crippen molar-refractivity contribution in [2.24, 2.45) is 4.99 Å². The van der Waals surface area contributed by atoms with Gasteiger partial charge in [0.05, 0.1) is 12.2 Å². The molecule has 1 rings (SSSR count). The molecule has 0 saturated heterocycles. The molecule has 0 amide bonds. The van der Waals surface area contributed by atoms with Crippen LogP contribution in [0, 0.1) is 0 Å². The van der Waals surface area contributed by atoms with Crippen molar-refractivity contribution in [3.8, 4) is 0 Å². The molecule has 5 nitrogen and oxygen atoms in total. The Morgan fingerprint density at radius 1 is 1.35 bits per heavy atom. The number of aliphatic imine (C=N–C) groups is 1. The van der Waals surface area contributed by atoms with Crippen LogP contribution >= 0.6 is 0 Å². The number of hydrogen-bond acceptors (Lipinski definition) is 3. The second-order valence-electron chi connectivity index (χ2n) is 5.03. The van der Waals surface area contributed by atoms with Crippen molar-refractivity contribution in [2.75, 3.05) is 25.5 Å². The summed E-state index contributed by atoms with van der Waals surface area (Å²) in [6.45, 7) is 7.81. The summed E-state index contributed by atoms with van der Waals surface area (Å²) in [6.07, 6.45) is 1.07. The largest absolute Gasteiger partial charge is 0.363 e. The van der Waals surface area contributed by atoms with Gasteiger partial charge in [0, 0.05) is 26.7 Å². The van der Waals surface area contributed by atoms with Crippen LogP contribution < -0.4 is 15.5 Å². The molecule has 0 bridgehead atoms. The van der Waals surface area contributed by atoms with E-state index in [1.165, 1.54) is 0 Å². The zero-order valence-electron chi connectivity index (χ0n) is 13.3. The molecule has 20 heavy (non-hydrogen) atoms. The monoisotopic (exact) mass is 277 g/mol. The highest BCUT2D eigenvalue weighted by Gasteiger charge is 2.03. The van der Waals surface area contributed by atoms with E-state index in [9.17, 15) is 0 Å². The van der Waals surface area contributed by atoms with Gasteiger partial charge in [-0.15, -0.1) is 0 Å². The van der Waals surface area contributed by atoms with Crippen LogP contribution in [-0.4, -0.2) is 37.6 Å². The molecule has 0 radical (unpaired) electrons. The fraction of sp³-hybridized carbons (Fsp3) is 0.600. The molecule has 0 spiro atoms. The SMILES string of the molecule is CCNC(=NCc1cccc(N(C)C)n1)NC(C)CC. The Balaban J connectivity index is 2.73.